The zero-order chi connectivity index (χ0) is 13.8. The minimum absolute atomic E-state index is 0.145. The lowest BCUT2D eigenvalue weighted by Gasteiger charge is -2.17. The summed E-state index contributed by atoms with van der Waals surface area (Å²) >= 11 is 0. The third-order valence-electron chi connectivity index (χ3n) is 2.52. The lowest BCUT2D eigenvalue weighted by molar-refractivity contribution is 0.0646. The molecule has 1 rings (SSSR count). The van der Waals surface area contributed by atoms with Crippen molar-refractivity contribution in [3.63, 3.8) is 0 Å². The number of rotatable bonds is 6. The highest BCUT2D eigenvalue weighted by molar-refractivity contribution is 5.38. The molecule has 1 heterocycles. The van der Waals surface area contributed by atoms with Crippen molar-refractivity contribution >= 4 is 5.69 Å². The lowest BCUT2D eigenvalue weighted by Crippen LogP contribution is -2.28. The molecule has 0 atom stereocenters. The largest absolute Gasteiger partial charge is 0.390 e. The van der Waals surface area contributed by atoms with Crippen LogP contribution in [0.25, 0.3) is 0 Å². The molecule has 0 amide bonds. The van der Waals surface area contributed by atoms with E-state index in [1.165, 1.54) is 4.68 Å². The summed E-state index contributed by atoms with van der Waals surface area (Å²) in [6, 6.07) is 1.54. The Hall–Kier alpha value is -1.36. The van der Waals surface area contributed by atoms with Crippen LogP contribution in [0, 0.1) is 5.92 Å². The zero-order valence-electron chi connectivity index (χ0n) is 11.6. The van der Waals surface area contributed by atoms with E-state index in [2.05, 4.69) is 24.3 Å². The van der Waals surface area contributed by atoms with Gasteiger partial charge in [0.15, 0.2) is 0 Å². The van der Waals surface area contributed by atoms with Gasteiger partial charge in [0.2, 0.25) is 0 Å². The van der Waals surface area contributed by atoms with Crippen molar-refractivity contribution in [2.24, 2.45) is 5.92 Å². The van der Waals surface area contributed by atoms with Gasteiger partial charge in [-0.05, 0) is 26.2 Å². The third-order valence-corrected chi connectivity index (χ3v) is 2.52. The van der Waals surface area contributed by atoms with Crippen LogP contribution in [-0.4, -0.2) is 27.0 Å². The van der Waals surface area contributed by atoms with Crippen LogP contribution in [-0.2, 0) is 6.54 Å². The van der Waals surface area contributed by atoms with Crippen LogP contribution in [0.2, 0.25) is 0 Å². The second-order valence-corrected chi connectivity index (χ2v) is 5.64. The van der Waals surface area contributed by atoms with Gasteiger partial charge in [0.1, 0.15) is 0 Å². The highest BCUT2D eigenvalue weighted by Gasteiger charge is 2.13. The van der Waals surface area contributed by atoms with E-state index >= 15 is 0 Å². The smallest absolute Gasteiger partial charge is 0.268 e. The van der Waals surface area contributed by atoms with E-state index in [4.69, 9.17) is 0 Å². The number of nitrogens with one attached hydrogen (secondary N) is 1. The molecule has 0 fully saturated rings. The normalized spacial score (nSPS) is 11.9. The molecule has 0 aliphatic carbocycles. The maximum atomic E-state index is 11.8. The first-order chi connectivity index (χ1) is 8.28. The van der Waals surface area contributed by atoms with Gasteiger partial charge in [-0.3, -0.25) is 4.79 Å². The molecule has 1 aromatic rings. The van der Waals surface area contributed by atoms with Gasteiger partial charge in [-0.2, -0.15) is 5.10 Å². The molecule has 5 nitrogen and oxygen atoms in total. The molecule has 0 radical (unpaired) electrons. The summed E-state index contributed by atoms with van der Waals surface area (Å²) in [4.78, 5) is 11.8. The number of aryl methyl sites for hydroxylation is 1. The average Bonchev–Trinajstić information content (AvgIpc) is 2.23. The summed E-state index contributed by atoms with van der Waals surface area (Å²) in [5.74, 6) is 0.516. The molecule has 0 aliphatic heterocycles. The first-order valence-corrected chi connectivity index (χ1v) is 6.31. The number of aromatic nitrogens is 2. The Labute approximate surface area is 108 Å². The van der Waals surface area contributed by atoms with Crippen molar-refractivity contribution in [2.75, 3.05) is 11.9 Å². The molecule has 0 saturated carbocycles. The molecule has 0 aliphatic rings. The maximum absolute atomic E-state index is 11.8. The number of hydrogen-bond donors (Lipinski definition) is 2. The second kappa shape index (κ2) is 6.00. The summed E-state index contributed by atoms with van der Waals surface area (Å²) in [7, 11) is 0. The molecule has 0 unspecified atom stereocenters. The minimum atomic E-state index is -0.782. The Morgan fingerprint density at radius 3 is 2.67 bits per heavy atom. The summed E-state index contributed by atoms with van der Waals surface area (Å²) in [5, 5.41) is 16.9. The summed E-state index contributed by atoms with van der Waals surface area (Å²) in [6.07, 6.45) is 2.15. The van der Waals surface area contributed by atoms with Gasteiger partial charge in [0.25, 0.3) is 5.56 Å². The quantitative estimate of drug-likeness (QED) is 0.805. The standard InChI is InChI=1S/C13H23N3O2/c1-10(2)8-14-11-7-12(17)16(15-9-11)6-5-13(3,4)18/h7,9-10,14,18H,5-6,8H2,1-4H3. The van der Waals surface area contributed by atoms with Gasteiger partial charge < -0.3 is 10.4 Å². The predicted octanol–water partition coefficient (Wildman–Crippen LogP) is 1.47. The van der Waals surface area contributed by atoms with E-state index < -0.39 is 5.60 Å². The van der Waals surface area contributed by atoms with Crippen LogP contribution in [0.15, 0.2) is 17.1 Å². The molecule has 102 valence electrons. The Morgan fingerprint density at radius 1 is 1.50 bits per heavy atom. The van der Waals surface area contributed by atoms with E-state index in [1.807, 2.05) is 0 Å². The Bertz CT molecular complexity index is 433. The van der Waals surface area contributed by atoms with Gasteiger partial charge in [-0.1, -0.05) is 13.8 Å². The van der Waals surface area contributed by atoms with Gasteiger partial charge in [0.05, 0.1) is 17.5 Å². The van der Waals surface area contributed by atoms with Crippen LogP contribution in [0.3, 0.4) is 0 Å². The summed E-state index contributed by atoms with van der Waals surface area (Å²) in [5.41, 5.74) is -0.184. The predicted molar refractivity (Wildman–Crippen MR) is 72.7 cm³/mol. The fourth-order valence-corrected chi connectivity index (χ4v) is 1.40. The summed E-state index contributed by atoms with van der Waals surface area (Å²) in [6.45, 7) is 8.88. The third kappa shape index (κ3) is 5.31. The van der Waals surface area contributed by atoms with Crippen molar-refractivity contribution in [3.8, 4) is 0 Å². The SMILES string of the molecule is CC(C)CNc1cnn(CCC(C)(C)O)c(=O)c1. The zero-order valence-corrected chi connectivity index (χ0v) is 11.6. The Kier molecular flexibility index (Phi) is 4.90. The highest BCUT2D eigenvalue weighted by Crippen LogP contribution is 2.08. The van der Waals surface area contributed by atoms with Gasteiger partial charge in [0, 0.05) is 19.2 Å². The highest BCUT2D eigenvalue weighted by atomic mass is 16.3. The van der Waals surface area contributed by atoms with Gasteiger partial charge in [-0.25, -0.2) is 4.68 Å². The summed E-state index contributed by atoms with van der Waals surface area (Å²) < 4.78 is 1.37. The average molecular weight is 253 g/mol. The monoisotopic (exact) mass is 253 g/mol. The van der Waals surface area contributed by atoms with Crippen molar-refractivity contribution in [2.45, 2.75) is 46.3 Å². The van der Waals surface area contributed by atoms with Crippen LogP contribution >= 0.6 is 0 Å². The molecule has 0 bridgehead atoms. The Morgan fingerprint density at radius 2 is 2.17 bits per heavy atom. The van der Waals surface area contributed by atoms with E-state index in [1.54, 1.807) is 26.1 Å². The van der Waals surface area contributed by atoms with Crippen LogP contribution in [0.4, 0.5) is 5.69 Å². The fourth-order valence-electron chi connectivity index (χ4n) is 1.40. The van der Waals surface area contributed by atoms with Crippen molar-refractivity contribution in [3.05, 3.63) is 22.6 Å². The number of hydrogen-bond acceptors (Lipinski definition) is 4. The van der Waals surface area contributed by atoms with Gasteiger partial charge >= 0.3 is 0 Å². The molecule has 0 saturated heterocycles. The minimum Gasteiger partial charge on any atom is -0.390 e. The Balaban J connectivity index is 2.65. The lowest BCUT2D eigenvalue weighted by atomic mass is 10.1. The van der Waals surface area contributed by atoms with Crippen molar-refractivity contribution in [1.82, 2.24) is 9.78 Å². The first kappa shape index (κ1) is 14.7. The van der Waals surface area contributed by atoms with Crippen LogP contribution in [0.5, 0.6) is 0 Å². The van der Waals surface area contributed by atoms with E-state index in [0.717, 1.165) is 12.2 Å². The molecule has 5 heteroatoms. The fraction of sp³-hybridized carbons (Fsp3) is 0.692. The molecular formula is C13H23N3O2. The topological polar surface area (TPSA) is 67.2 Å². The first-order valence-electron chi connectivity index (χ1n) is 6.31. The molecule has 0 aromatic carbocycles. The molecule has 18 heavy (non-hydrogen) atoms. The van der Waals surface area contributed by atoms with Crippen molar-refractivity contribution < 1.29 is 5.11 Å². The van der Waals surface area contributed by atoms with E-state index in [0.29, 0.717) is 18.9 Å². The molecule has 0 spiro atoms. The molecule has 2 N–H and O–H groups in total. The number of aliphatic hydroxyl groups is 1. The number of nitrogens with zero attached hydrogens (tertiary/aromatic N) is 2. The van der Waals surface area contributed by atoms with Crippen LogP contribution < -0.4 is 10.9 Å². The maximum Gasteiger partial charge on any atom is 0.268 e. The molecular weight excluding hydrogens is 230 g/mol. The van der Waals surface area contributed by atoms with E-state index in [9.17, 15) is 9.90 Å². The molecule has 1 aromatic heterocycles. The van der Waals surface area contributed by atoms with Crippen LogP contribution in [0.1, 0.15) is 34.1 Å². The van der Waals surface area contributed by atoms with E-state index in [-0.39, 0.29) is 5.56 Å². The van der Waals surface area contributed by atoms with Gasteiger partial charge in [-0.15, -0.1) is 0 Å². The second-order valence-electron chi connectivity index (χ2n) is 5.64. The van der Waals surface area contributed by atoms with Crippen molar-refractivity contribution in [1.29, 1.82) is 0 Å². The number of anilines is 1.